The molecule has 0 saturated heterocycles. The van der Waals surface area contributed by atoms with Gasteiger partial charge in [-0.1, -0.05) is 11.3 Å². The van der Waals surface area contributed by atoms with Crippen molar-refractivity contribution in [1.82, 2.24) is 4.98 Å². The van der Waals surface area contributed by atoms with E-state index in [4.69, 9.17) is 14.8 Å². The van der Waals surface area contributed by atoms with Crippen molar-refractivity contribution in [1.29, 1.82) is 0 Å². The number of nitrogens with one attached hydrogen (secondary N) is 1. The second-order valence-corrected chi connectivity index (χ2v) is 6.45. The minimum absolute atomic E-state index is 0.00660. The zero-order valence-electron chi connectivity index (χ0n) is 12.0. The number of hydrogen-bond donors (Lipinski definition) is 3. The van der Waals surface area contributed by atoms with Crippen LogP contribution in [0.25, 0.3) is 10.2 Å². The van der Waals surface area contributed by atoms with Crippen LogP contribution in [0.5, 0.6) is 0 Å². The second-order valence-electron chi connectivity index (χ2n) is 5.45. The highest BCUT2D eigenvalue weighted by molar-refractivity contribution is 7.22. The highest BCUT2D eigenvalue weighted by Crippen LogP contribution is 2.28. The third-order valence-corrected chi connectivity index (χ3v) is 3.46. The molecule has 1 amide bonds. The van der Waals surface area contributed by atoms with Gasteiger partial charge in [-0.3, -0.25) is 5.32 Å². The van der Waals surface area contributed by atoms with Crippen LogP contribution in [0.15, 0.2) is 6.07 Å². The van der Waals surface area contributed by atoms with Gasteiger partial charge >= 0.3 is 13.2 Å². The minimum Gasteiger partial charge on any atom is -0.444 e. The fourth-order valence-corrected chi connectivity index (χ4v) is 2.57. The summed E-state index contributed by atoms with van der Waals surface area (Å²) in [5.74, 6) is -2.26. The summed E-state index contributed by atoms with van der Waals surface area (Å²) < 4.78 is 32.6. The SMILES string of the molecule is CC(C)(C)OC(=O)Nc1nc2cc(F)c(B(O)O)c(F)c2s1. The molecule has 6 nitrogen and oxygen atoms in total. The maximum absolute atomic E-state index is 14.1. The van der Waals surface area contributed by atoms with E-state index in [1.54, 1.807) is 20.8 Å². The predicted octanol–water partition coefficient (Wildman–Crippen LogP) is 1.60. The standard InChI is InChI=1S/C12H13BF2N2O4S/c1-12(2,3)21-11(18)17-10-16-6-4-5(14)7(13(19)20)8(15)9(6)22-10/h4,19-20H,1-3H3,(H,16,17,18). The number of halogens is 2. The molecule has 2 aromatic rings. The summed E-state index contributed by atoms with van der Waals surface area (Å²) in [6.07, 6.45) is -0.783. The number of hydrogen-bond acceptors (Lipinski definition) is 6. The van der Waals surface area contributed by atoms with Crippen LogP contribution in [-0.2, 0) is 4.74 Å². The van der Waals surface area contributed by atoms with Crippen LogP contribution in [0.1, 0.15) is 20.8 Å². The van der Waals surface area contributed by atoms with Crippen molar-refractivity contribution in [3.8, 4) is 0 Å². The molecule has 0 saturated carbocycles. The molecule has 0 bridgehead atoms. The van der Waals surface area contributed by atoms with E-state index in [9.17, 15) is 13.6 Å². The fourth-order valence-electron chi connectivity index (χ4n) is 1.69. The number of carbonyl (C=O) groups excluding carboxylic acids is 1. The van der Waals surface area contributed by atoms with Crippen LogP contribution in [0.3, 0.4) is 0 Å². The highest BCUT2D eigenvalue weighted by Gasteiger charge is 2.26. The van der Waals surface area contributed by atoms with E-state index in [0.29, 0.717) is 0 Å². The lowest BCUT2D eigenvalue weighted by Gasteiger charge is -2.18. The number of rotatable bonds is 2. The van der Waals surface area contributed by atoms with E-state index in [-0.39, 0.29) is 15.3 Å². The monoisotopic (exact) mass is 330 g/mol. The smallest absolute Gasteiger partial charge is 0.444 e. The lowest BCUT2D eigenvalue weighted by molar-refractivity contribution is 0.0636. The van der Waals surface area contributed by atoms with Crippen LogP contribution in [0.4, 0.5) is 18.7 Å². The first-order valence-electron chi connectivity index (χ1n) is 6.23. The van der Waals surface area contributed by atoms with Gasteiger partial charge in [-0.05, 0) is 20.8 Å². The van der Waals surface area contributed by atoms with E-state index in [1.807, 2.05) is 0 Å². The van der Waals surface area contributed by atoms with Crippen LogP contribution in [0.2, 0.25) is 0 Å². The Labute approximate surface area is 128 Å². The maximum atomic E-state index is 14.1. The van der Waals surface area contributed by atoms with Crippen LogP contribution < -0.4 is 10.8 Å². The third kappa shape index (κ3) is 3.51. The molecule has 0 aliphatic carbocycles. The van der Waals surface area contributed by atoms with Gasteiger partial charge in [0.1, 0.15) is 17.2 Å². The van der Waals surface area contributed by atoms with Gasteiger partial charge in [0.05, 0.1) is 15.7 Å². The summed E-state index contributed by atoms with van der Waals surface area (Å²) in [6, 6.07) is 0.865. The fraction of sp³-hybridized carbons (Fsp3) is 0.333. The normalized spacial score (nSPS) is 11.6. The topological polar surface area (TPSA) is 91.7 Å². The molecule has 0 radical (unpaired) electrons. The summed E-state index contributed by atoms with van der Waals surface area (Å²) in [5.41, 5.74) is -1.62. The molecule has 118 valence electrons. The van der Waals surface area contributed by atoms with Crippen molar-refractivity contribution in [2.45, 2.75) is 26.4 Å². The Bertz CT molecular complexity index is 730. The van der Waals surface area contributed by atoms with Gasteiger partial charge in [-0.15, -0.1) is 0 Å². The van der Waals surface area contributed by atoms with Gasteiger partial charge in [0, 0.05) is 6.07 Å². The highest BCUT2D eigenvalue weighted by atomic mass is 32.1. The Morgan fingerprint density at radius 3 is 2.59 bits per heavy atom. The van der Waals surface area contributed by atoms with E-state index < -0.39 is 35.9 Å². The molecular weight excluding hydrogens is 317 g/mol. The van der Waals surface area contributed by atoms with E-state index in [1.165, 1.54) is 0 Å². The van der Waals surface area contributed by atoms with Crippen LogP contribution in [0, 0.1) is 11.6 Å². The van der Waals surface area contributed by atoms with Crippen molar-refractivity contribution in [3.05, 3.63) is 17.7 Å². The molecule has 22 heavy (non-hydrogen) atoms. The van der Waals surface area contributed by atoms with Crippen molar-refractivity contribution in [2.75, 3.05) is 5.32 Å². The quantitative estimate of drug-likeness (QED) is 0.728. The Balaban J connectivity index is 2.35. The van der Waals surface area contributed by atoms with Crippen LogP contribution >= 0.6 is 11.3 Å². The molecule has 0 aliphatic rings. The van der Waals surface area contributed by atoms with Gasteiger partial charge in [-0.2, -0.15) is 0 Å². The number of fused-ring (bicyclic) bond motifs is 1. The van der Waals surface area contributed by atoms with Crippen molar-refractivity contribution < 1.29 is 28.4 Å². The van der Waals surface area contributed by atoms with Crippen LogP contribution in [-0.4, -0.2) is 33.8 Å². The third-order valence-electron chi connectivity index (χ3n) is 2.48. The predicted molar refractivity (Wildman–Crippen MR) is 79.2 cm³/mol. The van der Waals surface area contributed by atoms with Gasteiger partial charge in [0.25, 0.3) is 0 Å². The van der Waals surface area contributed by atoms with Crippen molar-refractivity contribution >= 4 is 45.4 Å². The number of amides is 1. The Morgan fingerprint density at radius 2 is 2.05 bits per heavy atom. The molecular formula is C12H13BF2N2O4S. The number of benzene rings is 1. The van der Waals surface area contributed by atoms with Crippen molar-refractivity contribution in [3.63, 3.8) is 0 Å². The number of anilines is 1. The molecule has 10 heteroatoms. The summed E-state index contributed by atoms with van der Waals surface area (Å²) >= 11 is 0.732. The molecule has 2 rings (SSSR count). The first kappa shape index (κ1) is 16.6. The molecule has 0 aliphatic heterocycles. The second kappa shape index (κ2) is 5.78. The van der Waals surface area contributed by atoms with E-state index in [0.717, 1.165) is 17.4 Å². The Kier molecular flexibility index (Phi) is 4.36. The van der Waals surface area contributed by atoms with E-state index in [2.05, 4.69) is 10.3 Å². The average molecular weight is 330 g/mol. The summed E-state index contributed by atoms with van der Waals surface area (Å²) in [7, 11) is -2.28. The minimum atomic E-state index is -2.28. The first-order valence-corrected chi connectivity index (χ1v) is 7.04. The molecule has 0 fully saturated rings. The number of ether oxygens (including phenoxy) is 1. The lowest BCUT2D eigenvalue weighted by atomic mass is 9.79. The zero-order chi connectivity index (χ0) is 16.7. The molecule has 1 heterocycles. The van der Waals surface area contributed by atoms with Gasteiger partial charge in [0.15, 0.2) is 5.13 Å². The number of aromatic nitrogens is 1. The average Bonchev–Trinajstić information content (AvgIpc) is 2.68. The molecule has 1 aromatic heterocycles. The number of nitrogens with zero attached hydrogens (tertiary/aromatic N) is 1. The summed E-state index contributed by atoms with van der Waals surface area (Å²) in [5, 5.41) is 20.3. The largest absolute Gasteiger partial charge is 0.494 e. The molecule has 0 unspecified atom stereocenters. The molecule has 3 N–H and O–H groups in total. The van der Waals surface area contributed by atoms with Gasteiger partial charge in [0.2, 0.25) is 0 Å². The first-order chi connectivity index (χ1) is 10.1. The van der Waals surface area contributed by atoms with Crippen molar-refractivity contribution in [2.24, 2.45) is 0 Å². The maximum Gasteiger partial charge on any atom is 0.494 e. The zero-order valence-corrected chi connectivity index (χ0v) is 12.8. The van der Waals surface area contributed by atoms with Gasteiger partial charge in [-0.25, -0.2) is 18.6 Å². The molecule has 1 aromatic carbocycles. The summed E-state index contributed by atoms with van der Waals surface area (Å²) in [6.45, 7) is 5.03. The Hall–Kier alpha value is -1.78. The number of carbonyl (C=O) groups is 1. The number of thiazole rings is 1. The van der Waals surface area contributed by atoms with Gasteiger partial charge < -0.3 is 14.8 Å². The lowest BCUT2D eigenvalue weighted by Crippen LogP contribution is -2.35. The van der Waals surface area contributed by atoms with E-state index >= 15 is 0 Å². The molecule has 0 spiro atoms. The summed E-state index contributed by atoms with van der Waals surface area (Å²) in [4.78, 5) is 15.5. The molecule has 0 atom stereocenters. The Morgan fingerprint density at radius 1 is 1.41 bits per heavy atom.